The molecule has 0 unspecified atom stereocenters. The molecule has 1 N–H and O–H groups in total. The van der Waals surface area contributed by atoms with E-state index in [0.29, 0.717) is 11.0 Å². The molecule has 0 aliphatic heterocycles. The minimum atomic E-state index is -0.175. The van der Waals surface area contributed by atoms with Crippen LogP contribution in [-0.4, -0.2) is 24.2 Å². The number of halogens is 1. The highest BCUT2D eigenvalue weighted by molar-refractivity contribution is 6.30. The van der Waals surface area contributed by atoms with Gasteiger partial charge in [-0.3, -0.25) is 0 Å². The van der Waals surface area contributed by atoms with Gasteiger partial charge in [-0.15, -0.1) is 0 Å². The second-order valence-corrected chi connectivity index (χ2v) is 5.79. The van der Waals surface area contributed by atoms with Gasteiger partial charge in [0, 0.05) is 0 Å². The molecule has 0 fully saturated rings. The van der Waals surface area contributed by atoms with Crippen LogP contribution in [0.15, 0.2) is 60.9 Å². The lowest BCUT2D eigenvalue weighted by molar-refractivity contribution is 0.413. The summed E-state index contributed by atoms with van der Waals surface area (Å²) in [5.74, 6) is 2.05. The van der Waals surface area contributed by atoms with Gasteiger partial charge in [-0.05, 0) is 35.4 Å². The van der Waals surface area contributed by atoms with Gasteiger partial charge in [0.25, 0.3) is 0 Å². The van der Waals surface area contributed by atoms with E-state index in [2.05, 4.69) is 15.3 Å². The Kier molecular flexibility index (Phi) is 5.36. The smallest absolute Gasteiger partial charge is 0.223 e. The molecule has 0 aliphatic rings. The first-order valence-electron chi connectivity index (χ1n) is 7.71. The molecule has 1 aromatic heterocycles. The first kappa shape index (κ1) is 17.0. The maximum Gasteiger partial charge on any atom is 0.223 e. The first-order valence-corrected chi connectivity index (χ1v) is 8.09. The Hall–Kier alpha value is -2.79. The second-order valence-electron chi connectivity index (χ2n) is 5.36. The van der Waals surface area contributed by atoms with Crippen molar-refractivity contribution in [3.05, 3.63) is 77.1 Å². The zero-order valence-electron chi connectivity index (χ0n) is 13.9. The Morgan fingerprint density at radius 2 is 1.40 bits per heavy atom. The van der Waals surface area contributed by atoms with E-state index in [-0.39, 0.29) is 6.04 Å². The normalized spacial score (nSPS) is 10.6. The van der Waals surface area contributed by atoms with Crippen LogP contribution in [0.4, 0.5) is 5.95 Å². The van der Waals surface area contributed by atoms with Crippen LogP contribution in [0.2, 0.25) is 5.02 Å². The van der Waals surface area contributed by atoms with Crippen LogP contribution < -0.4 is 14.8 Å². The molecule has 5 nitrogen and oxygen atoms in total. The van der Waals surface area contributed by atoms with Gasteiger partial charge in [-0.1, -0.05) is 35.9 Å². The van der Waals surface area contributed by atoms with Crippen molar-refractivity contribution < 1.29 is 9.47 Å². The molecule has 3 rings (SSSR count). The van der Waals surface area contributed by atoms with Crippen LogP contribution in [-0.2, 0) is 0 Å². The Bertz CT molecular complexity index is 793. The molecule has 3 aromatic rings. The number of benzene rings is 2. The van der Waals surface area contributed by atoms with Crippen molar-refractivity contribution in [1.29, 1.82) is 0 Å². The summed E-state index contributed by atoms with van der Waals surface area (Å²) in [6, 6.07) is 15.5. The third-order valence-corrected chi connectivity index (χ3v) is 3.94. The standard InChI is InChI=1S/C19H18ClN3O2/c1-24-16-7-3-5-13(9-16)18(14-6-4-8-17(10-14)25-2)23-19-21-11-15(20)12-22-19/h3-12,18H,1-2H3,(H,21,22,23). The van der Waals surface area contributed by atoms with E-state index in [1.165, 1.54) is 0 Å². The molecule has 0 amide bonds. The Morgan fingerprint density at radius 1 is 0.880 bits per heavy atom. The number of anilines is 1. The van der Waals surface area contributed by atoms with Gasteiger partial charge in [-0.2, -0.15) is 0 Å². The zero-order chi connectivity index (χ0) is 17.6. The quantitative estimate of drug-likeness (QED) is 0.712. The lowest BCUT2D eigenvalue weighted by Crippen LogP contribution is -2.14. The second kappa shape index (κ2) is 7.85. The van der Waals surface area contributed by atoms with Gasteiger partial charge in [0.15, 0.2) is 0 Å². The van der Waals surface area contributed by atoms with E-state index in [0.717, 1.165) is 22.6 Å². The summed E-state index contributed by atoms with van der Waals surface area (Å²) in [6.07, 6.45) is 3.12. The SMILES string of the molecule is COc1cccc(C(Nc2ncc(Cl)cn2)c2cccc(OC)c2)c1. The number of hydrogen-bond donors (Lipinski definition) is 1. The third kappa shape index (κ3) is 4.19. The summed E-state index contributed by atoms with van der Waals surface area (Å²) in [5, 5.41) is 3.84. The highest BCUT2D eigenvalue weighted by Crippen LogP contribution is 2.30. The zero-order valence-corrected chi connectivity index (χ0v) is 14.7. The molecular formula is C19H18ClN3O2. The van der Waals surface area contributed by atoms with Crippen LogP contribution in [0.1, 0.15) is 17.2 Å². The largest absolute Gasteiger partial charge is 0.497 e. The van der Waals surface area contributed by atoms with Crippen LogP contribution in [0.5, 0.6) is 11.5 Å². The minimum Gasteiger partial charge on any atom is -0.497 e. The molecule has 0 saturated heterocycles. The van der Waals surface area contributed by atoms with Crippen molar-refractivity contribution in [2.24, 2.45) is 0 Å². The van der Waals surface area contributed by atoms with Crippen molar-refractivity contribution >= 4 is 17.5 Å². The Morgan fingerprint density at radius 3 is 1.88 bits per heavy atom. The first-order chi connectivity index (χ1) is 12.2. The van der Waals surface area contributed by atoms with E-state index in [1.54, 1.807) is 26.6 Å². The average Bonchev–Trinajstić information content (AvgIpc) is 2.67. The number of nitrogens with one attached hydrogen (secondary N) is 1. The van der Waals surface area contributed by atoms with Gasteiger partial charge >= 0.3 is 0 Å². The van der Waals surface area contributed by atoms with Gasteiger partial charge in [0.2, 0.25) is 5.95 Å². The molecule has 0 spiro atoms. The van der Waals surface area contributed by atoms with Gasteiger partial charge < -0.3 is 14.8 Å². The molecule has 0 atom stereocenters. The monoisotopic (exact) mass is 355 g/mol. The van der Waals surface area contributed by atoms with E-state index in [1.807, 2.05) is 48.5 Å². The van der Waals surface area contributed by atoms with E-state index in [4.69, 9.17) is 21.1 Å². The minimum absolute atomic E-state index is 0.175. The van der Waals surface area contributed by atoms with E-state index in [9.17, 15) is 0 Å². The number of methoxy groups -OCH3 is 2. The van der Waals surface area contributed by atoms with E-state index >= 15 is 0 Å². The average molecular weight is 356 g/mol. The number of nitrogens with zero attached hydrogens (tertiary/aromatic N) is 2. The lowest BCUT2D eigenvalue weighted by atomic mass is 9.98. The molecule has 0 radical (unpaired) electrons. The fourth-order valence-corrected chi connectivity index (χ4v) is 2.61. The summed E-state index contributed by atoms with van der Waals surface area (Å²) < 4.78 is 10.7. The van der Waals surface area contributed by atoms with Gasteiger partial charge in [-0.25, -0.2) is 9.97 Å². The molecule has 0 bridgehead atoms. The van der Waals surface area contributed by atoms with Gasteiger partial charge in [0.1, 0.15) is 11.5 Å². The van der Waals surface area contributed by atoms with Gasteiger partial charge in [0.05, 0.1) is 37.7 Å². The van der Waals surface area contributed by atoms with Crippen LogP contribution in [0, 0.1) is 0 Å². The van der Waals surface area contributed by atoms with Crippen LogP contribution >= 0.6 is 11.6 Å². The van der Waals surface area contributed by atoms with Crippen LogP contribution in [0.25, 0.3) is 0 Å². The third-order valence-electron chi connectivity index (χ3n) is 3.75. The summed E-state index contributed by atoms with van der Waals surface area (Å²) in [5.41, 5.74) is 2.04. The molecule has 6 heteroatoms. The van der Waals surface area contributed by atoms with Crippen LogP contribution in [0.3, 0.4) is 0 Å². The highest BCUT2D eigenvalue weighted by Gasteiger charge is 2.17. The predicted molar refractivity (Wildman–Crippen MR) is 98.5 cm³/mol. The number of hydrogen-bond acceptors (Lipinski definition) is 5. The summed E-state index contributed by atoms with van der Waals surface area (Å²) in [6.45, 7) is 0. The highest BCUT2D eigenvalue weighted by atomic mass is 35.5. The molecule has 0 aliphatic carbocycles. The summed E-state index contributed by atoms with van der Waals surface area (Å²) >= 11 is 5.88. The van der Waals surface area contributed by atoms with Crippen molar-refractivity contribution in [2.75, 3.05) is 19.5 Å². The fraction of sp³-hybridized carbons (Fsp3) is 0.158. The predicted octanol–water partition coefficient (Wildman–Crippen LogP) is 4.35. The molecule has 2 aromatic carbocycles. The molecule has 0 saturated carbocycles. The van der Waals surface area contributed by atoms with E-state index < -0.39 is 0 Å². The maximum atomic E-state index is 5.88. The Labute approximate surface area is 151 Å². The van der Waals surface area contributed by atoms with Crippen molar-refractivity contribution in [3.63, 3.8) is 0 Å². The topological polar surface area (TPSA) is 56.3 Å². The number of aromatic nitrogens is 2. The van der Waals surface area contributed by atoms with Crippen molar-refractivity contribution in [1.82, 2.24) is 9.97 Å². The molecular weight excluding hydrogens is 338 g/mol. The van der Waals surface area contributed by atoms with Crippen molar-refractivity contribution in [2.45, 2.75) is 6.04 Å². The maximum absolute atomic E-state index is 5.88. The molecule has 128 valence electrons. The summed E-state index contributed by atoms with van der Waals surface area (Å²) in [4.78, 5) is 8.48. The summed E-state index contributed by atoms with van der Waals surface area (Å²) in [7, 11) is 3.30. The Balaban J connectivity index is 2.01. The fourth-order valence-electron chi connectivity index (χ4n) is 2.52. The molecule has 1 heterocycles. The van der Waals surface area contributed by atoms with Crippen molar-refractivity contribution in [3.8, 4) is 11.5 Å². The lowest BCUT2D eigenvalue weighted by Gasteiger charge is -2.21. The number of rotatable bonds is 6. The molecule has 25 heavy (non-hydrogen) atoms. The number of ether oxygens (including phenoxy) is 2.